The quantitative estimate of drug-likeness (QED) is 0.664. The highest BCUT2D eigenvalue weighted by molar-refractivity contribution is 6.04. The molecular weight excluding hydrogens is 406 g/mol. The predicted octanol–water partition coefficient (Wildman–Crippen LogP) is 3.35. The van der Waals surface area contributed by atoms with Crippen molar-refractivity contribution in [1.82, 2.24) is 9.88 Å². The molecule has 4 rings (SSSR count). The normalized spacial score (nSPS) is 20.2. The summed E-state index contributed by atoms with van der Waals surface area (Å²) in [5.41, 5.74) is 2.61. The van der Waals surface area contributed by atoms with E-state index in [9.17, 15) is 9.59 Å². The maximum atomic E-state index is 13.5. The molecule has 2 atom stereocenters. The fraction of sp³-hybridized carbons (Fsp3) is 0.480. The molecule has 7 nitrogen and oxygen atoms in total. The molecule has 0 saturated carbocycles. The van der Waals surface area contributed by atoms with Crippen LogP contribution in [0.5, 0.6) is 5.75 Å². The van der Waals surface area contributed by atoms with Crippen molar-refractivity contribution in [3.05, 3.63) is 53.9 Å². The summed E-state index contributed by atoms with van der Waals surface area (Å²) in [6, 6.07) is 9.56. The number of aromatic nitrogens is 1. The van der Waals surface area contributed by atoms with Gasteiger partial charge in [-0.05, 0) is 55.0 Å². The average molecular weight is 438 g/mol. The molecule has 2 aromatic rings. The van der Waals surface area contributed by atoms with Gasteiger partial charge in [0.15, 0.2) is 6.10 Å². The molecule has 32 heavy (non-hydrogen) atoms. The summed E-state index contributed by atoms with van der Waals surface area (Å²) in [6.45, 7) is 7.49. The number of carbonyl (C=O) groups is 2. The molecule has 1 aromatic carbocycles. The minimum atomic E-state index is -0.608. The molecular formula is C25H31N3O4. The third kappa shape index (κ3) is 4.93. The van der Waals surface area contributed by atoms with Gasteiger partial charge >= 0.3 is 0 Å². The number of carbonyl (C=O) groups excluding carboxylic acids is 2. The molecule has 2 aliphatic rings. The van der Waals surface area contributed by atoms with E-state index in [0.29, 0.717) is 24.5 Å². The van der Waals surface area contributed by atoms with E-state index in [0.717, 1.165) is 30.6 Å². The van der Waals surface area contributed by atoms with E-state index in [1.165, 1.54) is 0 Å². The van der Waals surface area contributed by atoms with Gasteiger partial charge in [-0.25, -0.2) is 0 Å². The zero-order valence-corrected chi connectivity index (χ0v) is 19.0. The summed E-state index contributed by atoms with van der Waals surface area (Å²) >= 11 is 0. The van der Waals surface area contributed by atoms with E-state index in [1.54, 1.807) is 22.2 Å². The van der Waals surface area contributed by atoms with Crippen molar-refractivity contribution in [3.63, 3.8) is 0 Å². The standard InChI is InChI=1S/C25H31N3O4/c1-17(2)24-25(30)28(21-12-18(3)8-9-22(21)32-24)16-23(29)27(15-20-7-5-11-31-20)14-19-6-4-10-26-13-19/h4,6,8-10,12-13,17,20,24H,5,7,11,14-16H2,1-3H3/t20-,24+/m1/s1. The Hall–Kier alpha value is -2.93. The maximum absolute atomic E-state index is 13.5. The van der Waals surface area contributed by atoms with E-state index in [1.807, 2.05) is 51.1 Å². The topological polar surface area (TPSA) is 72.0 Å². The van der Waals surface area contributed by atoms with Crippen LogP contribution in [0.15, 0.2) is 42.7 Å². The Morgan fingerprint density at radius 2 is 2.16 bits per heavy atom. The Balaban J connectivity index is 1.59. The van der Waals surface area contributed by atoms with Crippen LogP contribution in [-0.4, -0.2) is 53.6 Å². The zero-order valence-electron chi connectivity index (χ0n) is 19.0. The molecule has 0 unspecified atom stereocenters. The number of fused-ring (bicyclic) bond motifs is 1. The van der Waals surface area contributed by atoms with Gasteiger partial charge in [-0.1, -0.05) is 26.0 Å². The molecule has 2 amide bonds. The van der Waals surface area contributed by atoms with E-state index in [4.69, 9.17) is 9.47 Å². The molecule has 7 heteroatoms. The molecule has 0 spiro atoms. The molecule has 1 aromatic heterocycles. The van der Waals surface area contributed by atoms with Gasteiger partial charge in [-0.3, -0.25) is 19.5 Å². The summed E-state index contributed by atoms with van der Waals surface area (Å²) in [5, 5.41) is 0. The second-order valence-corrected chi connectivity index (χ2v) is 8.95. The van der Waals surface area contributed by atoms with Crippen LogP contribution in [0, 0.1) is 12.8 Å². The Kier molecular flexibility index (Phi) is 6.74. The first-order valence-electron chi connectivity index (χ1n) is 11.3. The van der Waals surface area contributed by atoms with Crippen molar-refractivity contribution in [1.29, 1.82) is 0 Å². The lowest BCUT2D eigenvalue weighted by Crippen LogP contribution is -2.52. The number of hydrogen-bond acceptors (Lipinski definition) is 5. The molecule has 0 N–H and O–H groups in total. The van der Waals surface area contributed by atoms with Crippen LogP contribution < -0.4 is 9.64 Å². The van der Waals surface area contributed by atoms with Gasteiger partial charge in [0.05, 0.1) is 11.8 Å². The first kappa shape index (κ1) is 22.3. The van der Waals surface area contributed by atoms with Gasteiger partial charge in [0, 0.05) is 32.1 Å². The number of anilines is 1. The highest BCUT2D eigenvalue weighted by Gasteiger charge is 2.38. The van der Waals surface area contributed by atoms with Crippen LogP contribution in [0.1, 0.15) is 37.8 Å². The fourth-order valence-corrected chi connectivity index (χ4v) is 4.22. The monoisotopic (exact) mass is 437 g/mol. The number of rotatable bonds is 7. The molecule has 0 radical (unpaired) electrons. The van der Waals surface area contributed by atoms with Crippen LogP contribution in [0.25, 0.3) is 0 Å². The van der Waals surface area contributed by atoms with Gasteiger partial charge in [-0.2, -0.15) is 0 Å². The minimum Gasteiger partial charge on any atom is -0.478 e. The highest BCUT2D eigenvalue weighted by atomic mass is 16.5. The third-order valence-corrected chi connectivity index (χ3v) is 5.96. The summed E-state index contributed by atoms with van der Waals surface area (Å²) in [5.74, 6) is 0.340. The lowest BCUT2D eigenvalue weighted by atomic mass is 10.0. The van der Waals surface area contributed by atoms with Crippen molar-refractivity contribution in [2.75, 3.05) is 24.6 Å². The molecule has 170 valence electrons. The molecule has 0 aliphatic carbocycles. The Morgan fingerprint density at radius 1 is 1.31 bits per heavy atom. The van der Waals surface area contributed by atoms with Gasteiger partial charge in [0.25, 0.3) is 5.91 Å². The number of ether oxygens (including phenoxy) is 2. The Labute approximate surface area is 189 Å². The maximum Gasteiger partial charge on any atom is 0.268 e. The summed E-state index contributed by atoms with van der Waals surface area (Å²) in [4.78, 5) is 34.4. The number of nitrogens with zero attached hydrogens (tertiary/aromatic N) is 3. The van der Waals surface area contributed by atoms with Crippen molar-refractivity contribution in [2.24, 2.45) is 5.92 Å². The molecule has 1 saturated heterocycles. The van der Waals surface area contributed by atoms with E-state index < -0.39 is 6.10 Å². The largest absolute Gasteiger partial charge is 0.478 e. The highest BCUT2D eigenvalue weighted by Crippen LogP contribution is 2.36. The fourth-order valence-electron chi connectivity index (χ4n) is 4.22. The zero-order chi connectivity index (χ0) is 22.7. The number of aryl methyl sites for hydroxylation is 1. The summed E-state index contributed by atoms with van der Waals surface area (Å²) in [6.07, 6.45) is 4.84. The number of amides is 2. The van der Waals surface area contributed by atoms with Gasteiger partial charge < -0.3 is 14.4 Å². The third-order valence-electron chi connectivity index (χ3n) is 5.96. The predicted molar refractivity (Wildman–Crippen MR) is 121 cm³/mol. The van der Waals surface area contributed by atoms with Crippen molar-refractivity contribution < 1.29 is 19.1 Å². The van der Waals surface area contributed by atoms with Gasteiger partial charge in [0.2, 0.25) is 5.91 Å². The van der Waals surface area contributed by atoms with Crippen molar-refractivity contribution >= 4 is 17.5 Å². The van der Waals surface area contributed by atoms with Crippen molar-refractivity contribution in [2.45, 2.75) is 52.4 Å². The molecule has 1 fully saturated rings. The van der Waals surface area contributed by atoms with Crippen molar-refractivity contribution in [3.8, 4) is 5.75 Å². The molecule has 2 aliphatic heterocycles. The van der Waals surface area contributed by atoms with Crippen LogP contribution >= 0.6 is 0 Å². The van der Waals surface area contributed by atoms with Crippen LogP contribution in [0.2, 0.25) is 0 Å². The molecule has 0 bridgehead atoms. The second-order valence-electron chi connectivity index (χ2n) is 8.95. The lowest BCUT2D eigenvalue weighted by Gasteiger charge is -2.37. The van der Waals surface area contributed by atoms with Gasteiger partial charge in [-0.15, -0.1) is 0 Å². The number of benzene rings is 1. The lowest BCUT2D eigenvalue weighted by molar-refractivity contribution is -0.135. The van der Waals surface area contributed by atoms with E-state index >= 15 is 0 Å². The van der Waals surface area contributed by atoms with Crippen LogP contribution in [0.4, 0.5) is 5.69 Å². The second kappa shape index (κ2) is 9.69. The summed E-state index contributed by atoms with van der Waals surface area (Å²) < 4.78 is 11.8. The van der Waals surface area contributed by atoms with E-state index in [2.05, 4.69) is 4.98 Å². The smallest absolute Gasteiger partial charge is 0.268 e. The first-order chi connectivity index (χ1) is 15.4. The summed E-state index contributed by atoms with van der Waals surface area (Å²) in [7, 11) is 0. The van der Waals surface area contributed by atoms with Crippen LogP contribution in [0.3, 0.4) is 0 Å². The minimum absolute atomic E-state index is 0.00654. The molecule has 3 heterocycles. The Bertz CT molecular complexity index is 957. The Morgan fingerprint density at radius 3 is 2.84 bits per heavy atom. The first-order valence-corrected chi connectivity index (χ1v) is 11.3. The number of pyridine rings is 1. The van der Waals surface area contributed by atoms with Gasteiger partial charge in [0.1, 0.15) is 12.3 Å². The van der Waals surface area contributed by atoms with E-state index in [-0.39, 0.29) is 30.4 Å². The number of hydrogen-bond donors (Lipinski definition) is 0. The SMILES string of the molecule is Cc1ccc2c(c1)N(CC(=O)N(Cc1cccnc1)C[C@H]1CCCO1)C(=O)[C@H](C(C)C)O2. The average Bonchev–Trinajstić information content (AvgIpc) is 3.29. The van der Waals surface area contributed by atoms with Crippen LogP contribution in [-0.2, 0) is 20.9 Å².